The number of benzene rings is 2. The lowest BCUT2D eigenvalue weighted by Gasteiger charge is -2.16. The lowest BCUT2D eigenvalue weighted by atomic mass is 9.95. The summed E-state index contributed by atoms with van der Waals surface area (Å²) >= 11 is 0. The molecule has 0 fully saturated rings. The second-order valence-electron chi connectivity index (χ2n) is 4.88. The van der Waals surface area contributed by atoms with E-state index in [1.807, 2.05) is 51.1 Å². The van der Waals surface area contributed by atoms with Crippen molar-refractivity contribution < 1.29 is 5.11 Å². The van der Waals surface area contributed by atoms with E-state index in [0.29, 0.717) is 0 Å². The van der Waals surface area contributed by atoms with E-state index >= 15 is 0 Å². The van der Waals surface area contributed by atoms with Crippen molar-refractivity contribution in [3.05, 3.63) is 64.2 Å². The SMILES string of the molecule is Cc1ccc(C)c([C@@H](O)c2ccc(C)c(N)c2)c1. The van der Waals surface area contributed by atoms with E-state index in [1.165, 1.54) is 0 Å². The topological polar surface area (TPSA) is 46.2 Å². The molecule has 0 bridgehead atoms. The van der Waals surface area contributed by atoms with Crippen LogP contribution in [0.15, 0.2) is 36.4 Å². The molecule has 2 aromatic carbocycles. The minimum Gasteiger partial charge on any atom is -0.399 e. The third kappa shape index (κ3) is 2.39. The fourth-order valence-corrected chi connectivity index (χ4v) is 2.06. The van der Waals surface area contributed by atoms with Crippen LogP contribution in [-0.2, 0) is 0 Å². The predicted molar refractivity (Wildman–Crippen MR) is 75.6 cm³/mol. The lowest BCUT2D eigenvalue weighted by molar-refractivity contribution is 0.219. The summed E-state index contributed by atoms with van der Waals surface area (Å²) in [5, 5.41) is 10.5. The smallest absolute Gasteiger partial charge is 0.104 e. The van der Waals surface area contributed by atoms with Crippen LogP contribution in [0.1, 0.15) is 33.9 Å². The highest BCUT2D eigenvalue weighted by Gasteiger charge is 2.13. The van der Waals surface area contributed by atoms with Crippen LogP contribution in [0.25, 0.3) is 0 Å². The molecule has 0 radical (unpaired) electrons. The molecule has 0 aliphatic rings. The lowest BCUT2D eigenvalue weighted by Crippen LogP contribution is -2.04. The maximum absolute atomic E-state index is 10.5. The second kappa shape index (κ2) is 4.83. The van der Waals surface area contributed by atoms with E-state index in [0.717, 1.165) is 33.5 Å². The van der Waals surface area contributed by atoms with Gasteiger partial charge in [-0.25, -0.2) is 0 Å². The van der Waals surface area contributed by atoms with Crippen molar-refractivity contribution in [2.24, 2.45) is 0 Å². The van der Waals surface area contributed by atoms with Crippen LogP contribution in [0, 0.1) is 20.8 Å². The van der Waals surface area contributed by atoms with E-state index in [4.69, 9.17) is 5.73 Å². The molecular formula is C16H19NO. The van der Waals surface area contributed by atoms with E-state index in [9.17, 15) is 5.11 Å². The largest absolute Gasteiger partial charge is 0.399 e. The van der Waals surface area contributed by atoms with Crippen LogP contribution in [0.4, 0.5) is 5.69 Å². The molecule has 2 aromatic rings. The number of aliphatic hydroxyl groups excluding tert-OH is 1. The zero-order chi connectivity index (χ0) is 13.3. The summed E-state index contributed by atoms with van der Waals surface area (Å²) in [5.41, 5.74) is 11.7. The Balaban J connectivity index is 2.44. The molecule has 0 amide bonds. The van der Waals surface area contributed by atoms with Gasteiger partial charge < -0.3 is 10.8 Å². The molecule has 3 N–H and O–H groups in total. The molecule has 0 unspecified atom stereocenters. The number of aryl methyl sites for hydroxylation is 3. The average Bonchev–Trinajstić information content (AvgIpc) is 2.35. The van der Waals surface area contributed by atoms with Gasteiger partial charge in [-0.1, -0.05) is 35.9 Å². The Hall–Kier alpha value is -1.80. The fraction of sp³-hybridized carbons (Fsp3) is 0.250. The number of hydrogen-bond donors (Lipinski definition) is 2. The van der Waals surface area contributed by atoms with E-state index in [-0.39, 0.29) is 0 Å². The van der Waals surface area contributed by atoms with Crippen molar-refractivity contribution in [1.82, 2.24) is 0 Å². The Morgan fingerprint density at radius 2 is 1.61 bits per heavy atom. The van der Waals surface area contributed by atoms with Crippen molar-refractivity contribution in [3.8, 4) is 0 Å². The summed E-state index contributed by atoms with van der Waals surface area (Å²) in [7, 11) is 0. The van der Waals surface area contributed by atoms with Gasteiger partial charge in [0.05, 0.1) is 0 Å². The van der Waals surface area contributed by atoms with Crippen molar-refractivity contribution in [3.63, 3.8) is 0 Å². The maximum Gasteiger partial charge on any atom is 0.104 e. The third-order valence-electron chi connectivity index (χ3n) is 3.35. The highest BCUT2D eigenvalue weighted by molar-refractivity contribution is 5.50. The van der Waals surface area contributed by atoms with Crippen LogP contribution < -0.4 is 5.73 Å². The fourth-order valence-electron chi connectivity index (χ4n) is 2.06. The van der Waals surface area contributed by atoms with Gasteiger partial charge in [0.15, 0.2) is 0 Å². The molecule has 0 spiro atoms. The maximum atomic E-state index is 10.5. The molecule has 0 aliphatic heterocycles. The number of rotatable bonds is 2. The van der Waals surface area contributed by atoms with Crippen LogP contribution in [-0.4, -0.2) is 5.11 Å². The Kier molecular flexibility index (Phi) is 3.39. The van der Waals surface area contributed by atoms with E-state index in [2.05, 4.69) is 6.07 Å². The van der Waals surface area contributed by atoms with Gasteiger partial charge in [0.25, 0.3) is 0 Å². The first-order valence-corrected chi connectivity index (χ1v) is 6.10. The normalized spacial score (nSPS) is 12.4. The Bertz CT molecular complexity index is 575. The van der Waals surface area contributed by atoms with Crippen molar-refractivity contribution in [2.45, 2.75) is 26.9 Å². The molecule has 1 atom stereocenters. The molecule has 0 heterocycles. The molecule has 2 nitrogen and oxygen atoms in total. The molecule has 0 saturated heterocycles. The van der Waals surface area contributed by atoms with Crippen LogP contribution in [0.5, 0.6) is 0 Å². The van der Waals surface area contributed by atoms with Crippen LogP contribution >= 0.6 is 0 Å². The van der Waals surface area contributed by atoms with Gasteiger partial charge in [0, 0.05) is 5.69 Å². The molecule has 2 rings (SSSR count). The zero-order valence-electron chi connectivity index (χ0n) is 11.1. The Morgan fingerprint density at radius 3 is 2.28 bits per heavy atom. The number of anilines is 1. The van der Waals surface area contributed by atoms with Crippen molar-refractivity contribution >= 4 is 5.69 Å². The summed E-state index contributed by atoms with van der Waals surface area (Å²) in [6.07, 6.45) is -0.618. The van der Waals surface area contributed by atoms with Crippen LogP contribution in [0.2, 0.25) is 0 Å². The number of nitrogens with two attached hydrogens (primary N) is 1. The van der Waals surface area contributed by atoms with Gasteiger partial charge >= 0.3 is 0 Å². The first-order valence-electron chi connectivity index (χ1n) is 6.10. The first-order chi connectivity index (χ1) is 8.49. The summed E-state index contributed by atoms with van der Waals surface area (Å²) in [4.78, 5) is 0. The van der Waals surface area contributed by atoms with Gasteiger partial charge in [-0.2, -0.15) is 0 Å². The van der Waals surface area contributed by atoms with Gasteiger partial charge in [-0.15, -0.1) is 0 Å². The second-order valence-corrected chi connectivity index (χ2v) is 4.88. The van der Waals surface area contributed by atoms with Gasteiger partial charge in [-0.05, 0) is 49.1 Å². The molecule has 2 heteroatoms. The molecule has 0 saturated carbocycles. The van der Waals surface area contributed by atoms with E-state index < -0.39 is 6.10 Å². The Labute approximate surface area is 108 Å². The summed E-state index contributed by atoms with van der Waals surface area (Å²) in [5.74, 6) is 0. The highest BCUT2D eigenvalue weighted by atomic mass is 16.3. The van der Waals surface area contributed by atoms with Crippen LogP contribution in [0.3, 0.4) is 0 Å². The molecule has 0 aliphatic carbocycles. The number of nitrogen functional groups attached to an aromatic ring is 1. The number of hydrogen-bond acceptors (Lipinski definition) is 2. The van der Waals surface area contributed by atoms with Gasteiger partial charge in [0.1, 0.15) is 6.10 Å². The number of aliphatic hydroxyl groups is 1. The van der Waals surface area contributed by atoms with Gasteiger partial charge in [-0.3, -0.25) is 0 Å². The summed E-state index contributed by atoms with van der Waals surface area (Å²) in [6, 6.07) is 11.8. The highest BCUT2D eigenvalue weighted by Crippen LogP contribution is 2.27. The van der Waals surface area contributed by atoms with Gasteiger partial charge in [0.2, 0.25) is 0 Å². The third-order valence-corrected chi connectivity index (χ3v) is 3.35. The average molecular weight is 241 g/mol. The molecule has 0 aromatic heterocycles. The summed E-state index contributed by atoms with van der Waals surface area (Å²) < 4.78 is 0. The Morgan fingerprint density at radius 1 is 0.944 bits per heavy atom. The quantitative estimate of drug-likeness (QED) is 0.793. The first kappa shape index (κ1) is 12.7. The minimum atomic E-state index is -0.618. The zero-order valence-corrected chi connectivity index (χ0v) is 11.1. The standard InChI is InChI=1S/C16H19NO/c1-10-4-5-11(2)14(8-10)16(18)13-7-6-12(3)15(17)9-13/h4-9,16,18H,17H2,1-3H3/t16-/m0/s1. The van der Waals surface area contributed by atoms with Crippen molar-refractivity contribution in [1.29, 1.82) is 0 Å². The predicted octanol–water partition coefficient (Wildman–Crippen LogP) is 3.28. The minimum absolute atomic E-state index is 0.618. The molecular weight excluding hydrogens is 222 g/mol. The van der Waals surface area contributed by atoms with E-state index in [1.54, 1.807) is 0 Å². The molecule has 18 heavy (non-hydrogen) atoms. The van der Waals surface area contributed by atoms with Crippen molar-refractivity contribution in [2.75, 3.05) is 5.73 Å². The molecule has 94 valence electrons. The summed E-state index contributed by atoms with van der Waals surface area (Å²) in [6.45, 7) is 6.00. The monoisotopic (exact) mass is 241 g/mol.